The first-order valence-corrected chi connectivity index (χ1v) is 6.26. The summed E-state index contributed by atoms with van der Waals surface area (Å²) in [6, 6.07) is 13.2. The van der Waals surface area contributed by atoms with Gasteiger partial charge in [-0.1, -0.05) is 36.4 Å². The number of anilines is 1. The van der Waals surface area contributed by atoms with Crippen molar-refractivity contribution in [1.29, 1.82) is 0 Å². The number of nitrogens with one attached hydrogen (secondary N) is 2. The highest BCUT2D eigenvalue weighted by Gasteiger charge is 2.05. The van der Waals surface area contributed by atoms with E-state index in [2.05, 4.69) is 10.6 Å². The molecule has 4 N–H and O–H groups in total. The third-order valence-electron chi connectivity index (χ3n) is 2.80. The number of carbonyl (C=O) groups is 1. The van der Waals surface area contributed by atoms with Gasteiger partial charge in [-0.05, 0) is 23.3 Å². The Morgan fingerprint density at radius 1 is 1.10 bits per heavy atom. The lowest BCUT2D eigenvalue weighted by Crippen LogP contribution is -2.28. The smallest absolute Gasteiger partial charge is 0.319 e. The second-order valence-corrected chi connectivity index (χ2v) is 4.31. The fourth-order valence-corrected chi connectivity index (χ4v) is 1.78. The topological polar surface area (TPSA) is 67.1 Å². The predicted octanol–water partition coefficient (Wildman–Crippen LogP) is 2.61. The molecule has 0 unspecified atom stereocenters. The maximum absolute atomic E-state index is 13.4. The molecular weight excluding hydrogens is 257 g/mol. The summed E-state index contributed by atoms with van der Waals surface area (Å²) in [5, 5.41) is 5.13. The van der Waals surface area contributed by atoms with Crippen LogP contribution in [0.15, 0.2) is 48.5 Å². The van der Waals surface area contributed by atoms with E-state index in [0.717, 1.165) is 11.1 Å². The van der Waals surface area contributed by atoms with E-state index in [-0.39, 0.29) is 5.69 Å². The first-order valence-electron chi connectivity index (χ1n) is 6.26. The average Bonchev–Trinajstić information content (AvgIpc) is 2.48. The zero-order chi connectivity index (χ0) is 14.4. The molecule has 2 amide bonds. The van der Waals surface area contributed by atoms with Crippen LogP contribution in [0.1, 0.15) is 11.1 Å². The number of benzene rings is 2. The Balaban J connectivity index is 1.90. The van der Waals surface area contributed by atoms with E-state index in [1.807, 2.05) is 24.3 Å². The molecule has 0 aliphatic heterocycles. The van der Waals surface area contributed by atoms with Crippen LogP contribution in [-0.4, -0.2) is 6.03 Å². The van der Waals surface area contributed by atoms with Gasteiger partial charge in [0.15, 0.2) is 0 Å². The molecule has 104 valence electrons. The van der Waals surface area contributed by atoms with Crippen molar-refractivity contribution in [2.24, 2.45) is 5.73 Å². The summed E-state index contributed by atoms with van der Waals surface area (Å²) >= 11 is 0. The Morgan fingerprint density at radius 2 is 1.85 bits per heavy atom. The highest BCUT2D eigenvalue weighted by molar-refractivity contribution is 5.89. The molecule has 2 rings (SSSR count). The largest absolute Gasteiger partial charge is 0.334 e. The molecule has 20 heavy (non-hydrogen) atoms. The van der Waals surface area contributed by atoms with Gasteiger partial charge < -0.3 is 16.4 Å². The van der Waals surface area contributed by atoms with Crippen molar-refractivity contribution in [1.82, 2.24) is 5.32 Å². The molecule has 0 spiro atoms. The highest BCUT2D eigenvalue weighted by atomic mass is 19.1. The zero-order valence-corrected chi connectivity index (χ0v) is 10.9. The number of hydrogen-bond donors (Lipinski definition) is 3. The molecule has 0 bridgehead atoms. The second kappa shape index (κ2) is 6.68. The number of halogens is 1. The number of nitrogens with two attached hydrogens (primary N) is 1. The summed E-state index contributed by atoms with van der Waals surface area (Å²) in [7, 11) is 0. The Morgan fingerprint density at radius 3 is 2.60 bits per heavy atom. The van der Waals surface area contributed by atoms with E-state index < -0.39 is 11.8 Å². The van der Waals surface area contributed by atoms with Gasteiger partial charge in [0, 0.05) is 13.1 Å². The second-order valence-electron chi connectivity index (χ2n) is 4.31. The molecule has 4 nitrogen and oxygen atoms in total. The number of hydrogen-bond acceptors (Lipinski definition) is 2. The van der Waals surface area contributed by atoms with Crippen molar-refractivity contribution in [2.45, 2.75) is 13.1 Å². The fraction of sp³-hybridized carbons (Fsp3) is 0.133. The molecule has 0 saturated carbocycles. The van der Waals surface area contributed by atoms with E-state index in [1.54, 1.807) is 12.1 Å². The van der Waals surface area contributed by atoms with Crippen LogP contribution >= 0.6 is 0 Å². The first-order chi connectivity index (χ1) is 9.69. The third kappa shape index (κ3) is 3.80. The van der Waals surface area contributed by atoms with Crippen molar-refractivity contribution in [3.63, 3.8) is 0 Å². The van der Waals surface area contributed by atoms with Crippen LogP contribution in [-0.2, 0) is 13.1 Å². The van der Waals surface area contributed by atoms with Crippen LogP contribution in [0.25, 0.3) is 0 Å². The summed E-state index contributed by atoms with van der Waals surface area (Å²) in [6.45, 7) is 0.809. The van der Waals surface area contributed by atoms with Gasteiger partial charge in [-0.25, -0.2) is 9.18 Å². The maximum Gasteiger partial charge on any atom is 0.319 e. The Hall–Kier alpha value is -2.40. The van der Waals surface area contributed by atoms with Gasteiger partial charge >= 0.3 is 6.03 Å². The minimum atomic E-state index is -0.465. The summed E-state index contributed by atoms with van der Waals surface area (Å²) < 4.78 is 13.4. The maximum atomic E-state index is 13.4. The fourth-order valence-electron chi connectivity index (χ4n) is 1.78. The monoisotopic (exact) mass is 273 g/mol. The molecule has 5 heteroatoms. The number of carbonyl (C=O) groups excluding carboxylic acids is 1. The Kier molecular flexibility index (Phi) is 4.68. The molecule has 0 aliphatic rings. The summed E-state index contributed by atoms with van der Waals surface area (Å²) in [5.41, 5.74) is 7.65. The number of amides is 2. The summed E-state index contributed by atoms with van der Waals surface area (Å²) in [6.07, 6.45) is 0. The molecular formula is C15H16FN3O. The van der Waals surface area contributed by atoms with E-state index >= 15 is 0 Å². The van der Waals surface area contributed by atoms with Gasteiger partial charge in [0.05, 0.1) is 5.69 Å². The van der Waals surface area contributed by atoms with Crippen LogP contribution in [0.3, 0.4) is 0 Å². The van der Waals surface area contributed by atoms with Crippen molar-refractivity contribution in [2.75, 3.05) is 5.32 Å². The lowest BCUT2D eigenvalue weighted by molar-refractivity contribution is 0.251. The van der Waals surface area contributed by atoms with E-state index in [4.69, 9.17) is 5.73 Å². The highest BCUT2D eigenvalue weighted by Crippen LogP contribution is 2.12. The number of para-hydroxylation sites is 1. The number of rotatable bonds is 4. The third-order valence-corrected chi connectivity index (χ3v) is 2.80. The minimum absolute atomic E-state index is 0.153. The zero-order valence-electron chi connectivity index (χ0n) is 10.9. The van der Waals surface area contributed by atoms with Crippen molar-refractivity contribution < 1.29 is 9.18 Å². The molecule has 0 aliphatic carbocycles. The van der Waals surface area contributed by atoms with Gasteiger partial charge in [0.1, 0.15) is 5.82 Å². The van der Waals surface area contributed by atoms with Crippen LogP contribution in [0.4, 0.5) is 14.9 Å². The molecule has 0 aromatic heterocycles. The van der Waals surface area contributed by atoms with Gasteiger partial charge in [-0.3, -0.25) is 0 Å². The SMILES string of the molecule is NCc1cccc(CNC(=O)Nc2ccccc2F)c1. The van der Waals surface area contributed by atoms with Gasteiger partial charge in [0.25, 0.3) is 0 Å². The quantitative estimate of drug-likeness (QED) is 0.801. The number of urea groups is 1. The summed E-state index contributed by atoms with van der Waals surface area (Å²) in [4.78, 5) is 11.7. The van der Waals surface area contributed by atoms with Gasteiger partial charge in [-0.15, -0.1) is 0 Å². The van der Waals surface area contributed by atoms with Crippen LogP contribution < -0.4 is 16.4 Å². The van der Waals surface area contributed by atoms with E-state index in [0.29, 0.717) is 13.1 Å². The first kappa shape index (κ1) is 14.0. The molecule has 2 aromatic carbocycles. The lowest BCUT2D eigenvalue weighted by atomic mass is 10.1. The molecule has 2 aromatic rings. The normalized spacial score (nSPS) is 10.1. The molecule has 0 saturated heterocycles. The lowest BCUT2D eigenvalue weighted by Gasteiger charge is -2.09. The Labute approximate surface area is 116 Å². The van der Waals surface area contributed by atoms with Crippen molar-refractivity contribution in [3.05, 3.63) is 65.5 Å². The van der Waals surface area contributed by atoms with E-state index in [1.165, 1.54) is 12.1 Å². The van der Waals surface area contributed by atoms with E-state index in [9.17, 15) is 9.18 Å². The molecule has 0 atom stereocenters. The van der Waals surface area contributed by atoms with Crippen LogP contribution in [0, 0.1) is 5.82 Å². The minimum Gasteiger partial charge on any atom is -0.334 e. The van der Waals surface area contributed by atoms with Crippen molar-refractivity contribution >= 4 is 11.7 Å². The average molecular weight is 273 g/mol. The van der Waals surface area contributed by atoms with Crippen LogP contribution in [0.5, 0.6) is 0 Å². The van der Waals surface area contributed by atoms with Gasteiger partial charge in [-0.2, -0.15) is 0 Å². The van der Waals surface area contributed by atoms with Gasteiger partial charge in [0.2, 0.25) is 0 Å². The van der Waals surface area contributed by atoms with Crippen molar-refractivity contribution in [3.8, 4) is 0 Å². The molecule has 0 heterocycles. The molecule has 0 fully saturated rings. The predicted molar refractivity (Wildman–Crippen MR) is 76.6 cm³/mol. The standard InChI is InChI=1S/C15H16FN3O/c16-13-6-1-2-7-14(13)19-15(20)18-10-12-5-3-4-11(8-12)9-17/h1-8H,9-10,17H2,(H2,18,19,20). The summed E-state index contributed by atoms with van der Waals surface area (Å²) in [5.74, 6) is -0.465. The van der Waals surface area contributed by atoms with Crippen LogP contribution in [0.2, 0.25) is 0 Å². The Bertz CT molecular complexity index is 601. The molecule has 0 radical (unpaired) electrons.